The first-order chi connectivity index (χ1) is 9.40. The highest BCUT2D eigenvalue weighted by Crippen LogP contribution is 2.25. The van der Waals surface area contributed by atoms with Crippen LogP contribution in [0.2, 0.25) is 5.02 Å². The van der Waals surface area contributed by atoms with Gasteiger partial charge in [0.05, 0.1) is 10.9 Å². The summed E-state index contributed by atoms with van der Waals surface area (Å²) in [6, 6.07) is 3.73. The molecule has 2 unspecified atom stereocenters. The number of carboxylic acids is 1. The Morgan fingerprint density at radius 3 is 2.70 bits per heavy atom. The number of rotatable bonds is 2. The zero-order chi connectivity index (χ0) is 14.9. The normalized spacial score (nSPS) is 22.6. The second-order valence-corrected chi connectivity index (χ2v) is 5.46. The number of likely N-dealkylation sites (tertiary alicyclic amines) is 1. The largest absolute Gasteiger partial charge is 0.481 e. The van der Waals surface area contributed by atoms with Gasteiger partial charge in [-0.1, -0.05) is 11.6 Å². The predicted molar refractivity (Wildman–Crippen MR) is 72.3 cm³/mol. The highest BCUT2D eigenvalue weighted by molar-refractivity contribution is 6.31. The Morgan fingerprint density at radius 2 is 2.10 bits per heavy atom. The van der Waals surface area contributed by atoms with E-state index < -0.39 is 17.7 Å². The molecule has 1 aromatic carbocycles. The topological polar surface area (TPSA) is 57.6 Å². The van der Waals surface area contributed by atoms with Crippen molar-refractivity contribution in [3.63, 3.8) is 0 Å². The molecule has 0 spiro atoms. The minimum atomic E-state index is -0.896. The first-order valence-electron chi connectivity index (χ1n) is 6.39. The first-order valence-corrected chi connectivity index (χ1v) is 6.76. The number of aliphatic carboxylic acids is 1. The van der Waals surface area contributed by atoms with E-state index in [4.69, 9.17) is 16.7 Å². The average Bonchev–Trinajstić information content (AvgIpc) is 2.41. The molecule has 20 heavy (non-hydrogen) atoms. The van der Waals surface area contributed by atoms with Gasteiger partial charge in [0.15, 0.2) is 0 Å². The van der Waals surface area contributed by atoms with Crippen LogP contribution in [0.25, 0.3) is 0 Å². The van der Waals surface area contributed by atoms with Crippen molar-refractivity contribution in [2.75, 3.05) is 6.54 Å². The molecule has 108 valence electrons. The van der Waals surface area contributed by atoms with E-state index in [2.05, 4.69) is 0 Å². The maximum absolute atomic E-state index is 13.1. The van der Waals surface area contributed by atoms with E-state index in [1.165, 1.54) is 17.0 Å². The van der Waals surface area contributed by atoms with Crippen molar-refractivity contribution in [3.05, 3.63) is 34.6 Å². The molecule has 0 bridgehead atoms. The number of halogens is 2. The highest BCUT2D eigenvalue weighted by atomic mass is 35.5. The predicted octanol–water partition coefficient (Wildman–Crippen LogP) is 2.80. The van der Waals surface area contributed by atoms with Crippen LogP contribution in [0.3, 0.4) is 0 Å². The Balaban J connectivity index is 2.21. The van der Waals surface area contributed by atoms with Gasteiger partial charge in [-0.3, -0.25) is 9.59 Å². The Labute approximate surface area is 121 Å². The molecule has 0 aromatic heterocycles. The number of piperidine rings is 1. The maximum atomic E-state index is 13.1. The lowest BCUT2D eigenvalue weighted by Gasteiger charge is -2.36. The zero-order valence-electron chi connectivity index (χ0n) is 11.0. The number of hydrogen-bond donors (Lipinski definition) is 1. The van der Waals surface area contributed by atoms with Gasteiger partial charge in [-0.25, -0.2) is 4.39 Å². The molecule has 0 radical (unpaired) electrons. The fourth-order valence-electron chi connectivity index (χ4n) is 2.39. The third kappa shape index (κ3) is 2.93. The quantitative estimate of drug-likeness (QED) is 0.913. The van der Waals surface area contributed by atoms with Crippen LogP contribution in [0.15, 0.2) is 18.2 Å². The SMILES string of the molecule is CC1CCC(C(=O)O)CN1C(=O)c1ccc(F)c(Cl)c1. The van der Waals surface area contributed by atoms with Gasteiger partial charge in [-0.05, 0) is 38.0 Å². The van der Waals surface area contributed by atoms with E-state index in [9.17, 15) is 14.0 Å². The Kier molecular flexibility index (Phi) is 4.28. The number of amides is 1. The summed E-state index contributed by atoms with van der Waals surface area (Å²) < 4.78 is 13.1. The number of benzene rings is 1. The molecule has 4 nitrogen and oxygen atoms in total. The Bertz CT molecular complexity index is 549. The summed E-state index contributed by atoms with van der Waals surface area (Å²) in [5.41, 5.74) is 0.272. The molecule has 2 rings (SSSR count). The van der Waals surface area contributed by atoms with Gasteiger partial charge in [0.25, 0.3) is 5.91 Å². The monoisotopic (exact) mass is 299 g/mol. The van der Waals surface area contributed by atoms with Crippen molar-refractivity contribution < 1.29 is 19.1 Å². The highest BCUT2D eigenvalue weighted by Gasteiger charge is 2.33. The van der Waals surface area contributed by atoms with E-state index in [0.717, 1.165) is 6.07 Å². The number of carboxylic acid groups (broad SMARTS) is 1. The molecule has 1 amide bonds. The van der Waals surface area contributed by atoms with Crippen LogP contribution in [0.1, 0.15) is 30.1 Å². The average molecular weight is 300 g/mol. The van der Waals surface area contributed by atoms with Crippen LogP contribution in [0.4, 0.5) is 4.39 Å². The second-order valence-electron chi connectivity index (χ2n) is 5.05. The summed E-state index contributed by atoms with van der Waals surface area (Å²) >= 11 is 5.67. The van der Waals surface area contributed by atoms with Crippen molar-refractivity contribution >= 4 is 23.5 Å². The maximum Gasteiger partial charge on any atom is 0.308 e. The van der Waals surface area contributed by atoms with E-state index in [0.29, 0.717) is 12.8 Å². The van der Waals surface area contributed by atoms with Crippen molar-refractivity contribution in [2.24, 2.45) is 5.92 Å². The van der Waals surface area contributed by atoms with Gasteiger partial charge in [-0.2, -0.15) is 0 Å². The number of carbonyl (C=O) groups excluding carboxylic acids is 1. The van der Waals surface area contributed by atoms with Crippen molar-refractivity contribution in [1.82, 2.24) is 4.90 Å². The summed E-state index contributed by atoms with van der Waals surface area (Å²) in [7, 11) is 0. The summed E-state index contributed by atoms with van der Waals surface area (Å²) in [5.74, 6) is -2.35. The van der Waals surface area contributed by atoms with Crippen LogP contribution >= 0.6 is 11.6 Å². The van der Waals surface area contributed by atoms with Crippen LogP contribution in [-0.2, 0) is 4.79 Å². The van der Waals surface area contributed by atoms with Crippen LogP contribution in [-0.4, -0.2) is 34.5 Å². The molecular formula is C14H15ClFNO3. The minimum Gasteiger partial charge on any atom is -0.481 e. The number of hydrogen-bond acceptors (Lipinski definition) is 2. The molecular weight excluding hydrogens is 285 g/mol. The van der Waals surface area contributed by atoms with Crippen LogP contribution in [0, 0.1) is 11.7 Å². The zero-order valence-corrected chi connectivity index (χ0v) is 11.7. The van der Waals surface area contributed by atoms with Crippen molar-refractivity contribution in [1.29, 1.82) is 0 Å². The van der Waals surface area contributed by atoms with Crippen molar-refractivity contribution in [3.8, 4) is 0 Å². The lowest BCUT2D eigenvalue weighted by Crippen LogP contribution is -2.47. The third-order valence-corrected chi connectivity index (χ3v) is 3.95. The van der Waals surface area contributed by atoms with Gasteiger partial charge in [0.1, 0.15) is 5.82 Å². The molecule has 1 heterocycles. The van der Waals surface area contributed by atoms with Gasteiger partial charge in [-0.15, -0.1) is 0 Å². The molecule has 1 fully saturated rings. The van der Waals surface area contributed by atoms with Crippen LogP contribution in [0.5, 0.6) is 0 Å². The van der Waals surface area contributed by atoms with E-state index in [-0.39, 0.29) is 29.1 Å². The standard InChI is InChI=1S/C14H15ClFNO3/c1-8-2-3-10(14(19)20)7-17(8)13(18)9-4-5-12(16)11(15)6-9/h4-6,8,10H,2-3,7H2,1H3,(H,19,20). The summed E-state index contributed by atoms with van der Waals surface area (Å²) in [5, 5.41) is 8.95. The van der Waals surface area contributed by atoms with E-state index >= 15 is 0 Å². The summed E-state index contributed by atoms with van der Waals surface area (Å²) in [4.78, 5) is 25.0. The third-order valence-electron chi connectivity index (χ3n) is 3.66. The number of carbonyl (C=O) groups is 2. The molecule has 0 saturated carbocycles. The molecule has 1 N–H and O–H groups in total. The van der Waals surface area contributed by atoms with E-state index in [1.54, 1.807) is 0 Å². The fourth-order valence-corrected chi connectivity index (χ4v) is 2.57. The molecule has 1 aromatic rings. The molecule has 0 aliphatic carbocycles. The Hall–Kier alpha value is -1.62. The van der Waals surface area contributed by atoms with E-state index in [1.807, 2.05) is 6.92 Å². The summed E-state index contributed by atoms with van der Waals surface area (Å²) in [6.07, 6.45) is 1.20. The molecule has 6 heteroatoms. The number of nitrogens with zero attached hydrogens (tertiary/aromatic N) is 1. The van der Waals surface area contributed by atoms with Crippen LogP contribution < -0.4 is 0 Å². The fraction of sp³-hybridized carbons (Fsp3) is 0.429. The first kappa shape index (κ1) is 14.8. The molecule has 2 atom stereocenters. The second kappa shape index (κ2) is 5.79. The van der Waals surface area contributed by atoms with Gasteiger partial charge in [0.2, 0.25) is 0 Å². The smallest absolute Gasteiger partial charge is 0.308 e. The van der Waals surface area contributed by atoms with Gasteiger partial charge in [0, 0.05) is 18.2 Å². The van der Waals surface area contributed by atoms with Gasteiger partial charge >= 0.3 is 5.97 Å². The summed E-state index contributed by atoms with van der Waals surface area (Å²) in [6.45, 7) is 2.05. The van der Waals surface area contributed by atoms with Gasteiger partial charge < -0.3 is 10.0 Å². The molecule has 1 aliphatic heterocycles. The molecule has 1 saturated heterocycles. The Morgan fingerprint density at radius 1 is 1.40 bits per heavy atom. The lowest BCUT2D eigenvalue weighted by atomic mass is 9.93. The lowest BCUT2D eigenvalue weighted by molar-refractivity contribution is -0.143. The van der Waals surface area contributed by atoms with Crippen molar-refractivity contribution in [2.45, 2.75) is 25.8 Å². The minimum absolute atomic E-state index is 0.0399. The molecule has 1 aliphatic rings.